The zero-order chi connectivity index (χ0) is 22.1. The highest BCUT2D eigenvalue weighted by molar-refractivity contribution is 7.93. The van der Waals surface area contributed by atoms with E-state index in [9.17, 15) is 18.0 Å². The van der Waals surface area contributed by atoms with Gasteiger partial charge in [0.15, 0.2) is 0 Å². The lowest BCUT2D eigenvalue weighted by Crippen LogP contribution is -2.37. The maximum Gasteiger partial charge on any atom is 0.241 e. The van der Waals surface area contributed by atoms with Crippen molar-refractivity contribution in [2.75, 3.05) is 48.1 Å². The van der Waals surface area contributed by atoms with Crippen molar-refractivity contribution in [1.82, 2.24) is 10.2 Å². The second kappa shape index (κ2) is 11.4. The molecule has 31 heavy (non-hydrogen) atoms. The summed E-state index contributed by atoms with van der Waals surface area (Å²) in [6.07, 6.45) is 8.11. The van der Waals surface area contributed by atoms with Gasteiger partial charge >= 0.3 is 0 Å². The second-order valence-electron chi connectivity index (χ2n) is 8.35. The van der Waals surface area contributed by atoms with Gasteiger partial charge in [-0.05, 0) is 56.4 Å². The lowest BCUT2D eigenvalue weighted by Gasteiger charge is -2.28. The number of rotatable bonds is 8. The fourth-order valence-corrected chi connectivity index (χ4v) is 5.13. The highest BCUT2D eigenvalue weighted by Gasteiger charge is 2.19. The molecule has 0 bridgehead atoms. The molecule has 1 aromatic carbocycles. The van der Waals surface area contributed by atoms with Crippen molar-refractivity contribution in [2.24, 2.45) is 0 Å². The van der Waals surface area contributed by atoms with Gasteiger partial charge in [0.25, 0.3) is 0 Å². The van der Waals surface area contributed by atoms with Gasteiger partial charge in [0.05, 0.1) is 0 Å². The average Bonchev–Trinajstić information content (AvgIpc) is 3.04. The Morgan fingerprint density at radius 1 is 0.839 bits per heavy atom. The van der Waals surface area contributed by atoms with E-state index in [0.717, 1.165) is 57.5 Å². The topological polar surface area (TPSA) is 98.8 Å². The van der Waals surface area contributed by atoms with E-state index in [1.807, 2.05) is 17.0 Å². The SMILES string of the molecule is O=C(CS(=O)(=O)Nc1ccc(N2CCCCC2)cc1)NCCC(=O)N1CCCCCC1. The van der Waals surface area contributed by atoms with Gasteiger partial charge in [-0.2, -0.15) is 0 Å². The predicted octanol–water partition coefficient (Wildman–Crippen LogP) is 2.33. The molecule has 9 heteroatoms. The minimum atomic E-state index is -3.82. The van der Waals surface area contributed by atoms with Gasteiger partial charge in [0.1, 0.15) is 5.75 Å². The summed E-state index contributed by atoms with van der Waals surface area (Å²) in [6.45, 7) is 3.72. The Bertz CT molecular complexity index is 828. The Kier molecular flexibility index (Phi) is 8.57. The highest BCUT2D eigenvalue weighted by Crippen LogP contribution is 2.22. The van der Waals surface area contributed by atoms with E-state index in [4.69, 9.17) is 0 Å². The fraction of sp³-hybridized carbons (Fsp3) is 0.636. The van der Waals surface area contributed by atoms with Crippen molar-refractivity contribution >= 4 is 33.2 Å². The van der Waals surface area contributed by atoms with Crippen molar-refractivity contribution in [3.05, 3.63) is 24.3 Å². The molecule has 8 nitrogen and oxygen atoms in total. The fourth-order valence-electron chi connectivity index (χ4n) is 4.12. The van der Waals surface area contributed by atoms with E-state index in [0.29, 0.717) is 5.69 Å². The second-order valence-corrected chi connectivity index (χ2v) is 10.1. The van der Waals surface area contributed by atoms with Crippen molar-refractivity contribution in [3.63, 3.8) is 0 Å². The molecule has 2 saturated heterocycles. The first-order valence-electron chi connectivity index (χ1n) is 11.3. The number of hydrogen-bond acceptors (Lipinski definition) is 5. The van der Waals surface area contributed by atoms with Gasteiger partial charge in [0, 0.05) is 50.5 Å². The van der Waals surface area contributed by atoms with E-state index >= 15 is 0 Å². The molecular weight excluding hydrogens is 416 g/mol. The molecule has 2 aliphatic rings. The zero-order valence-corrected chi connectivity index (χ0v) is 19.0. The van der Waals surface area contributed by atoms with E-state index in [1.54, 1.807) is 12.1 Å². The minimum Gasteiger partial charge on any atom is -0.372 e. The summed E-state index contributed by atoms with van der Waals surface area (Å²) >= 11 is 0. The van der Waals surface area contributed by atoms with E-state index in [-0.39, 0.29) is 18.9 Å². The third-order valence-electron chi connectivity index (χ3n) is 5.80. The first-order chi connectivity index (χ1) is 14.9. The number of nitrogens with one attached hydrogen (secondary N) is 2. The molecule has 0 saturated carbocycles. The molecule has 2 aliphatic heterocycles. The van der Waals surface area contributed by atoms with Crippen LogP contribution in [-0.2, 0) is 19.6 Å². The van der Waals surface area contributed by atoms with Crippen molar-refractivity contribution < 1.29 is 18.0 Å². The van der Waals surface area contributed by atoms with E-state index < -0.39 is 21.7 Å². The number of piperidine rings is 1. The zero-order valence-electron chi connectivity index (χ0n) is 18.1. The number of nitrogens with zero attached hydrogens (tertiary/aromatic N) is 2. The summed E-state index contributed by atoms with van der Waals surface area (Å²) < 4.78 is 27.1. The minimum absolute atomic E-state index is 0.0111. The molecule has 0 aromatic heterocycles. The van der Waals surface area contributed by atoms with E-state index in [1.165, 1.54) is 19.3 Å². The average molecular weight is 451 g/mol. The van der Waals surface area contributed by atoms with Crippen LogP contribution in [-0.4, -0.2) is 63.6 Å². The molecule has 172 valence electrons. The molecule has 0 radical (unpaired) electrons. The third kappa shape index (κ3) is 7.72. The summed E-state index contributed by atoms with van der Waals surface area (Å²) in [4.78, 5) is 28.4. The van der Waals surface area contributed by atoms with Crippen LogP contribution in [0.3, 0.4) is 0 Å². The molecule has 2 N–H and O–H groups in total. The molecule has 0 aliphatic carbocycles. The number of sulfonamides is 1. The summed E-state index contributed by atoms with van der Waals surface area (Å²) in [5.41, 5.74) is 1.51. The maximum atomic E-state index is 12.3. The Hall–Kier alpha value is -2.29. The lowest BCUT2D eigenvalue weighted by atomic mass is 10.1. The smallest absolute Gasteiger partial charge is 0.241 e. The van der Waals surface area contributed by atoms with Crippen molar-refractivity contribution in [1.29, 1.82) is 0 Å². The summed E-state index contributed by atoms with van der Waals surface area (Å²) in [5, 5.41) is 2.55. The molecule has 0 spiro atoms. The van der Waals surface area contributed by atoms with Crippen LogP contribution in [0.5, 0.6) is 0 Å². The highest BCUT2D eigenvalue weighted by atomic mass is 32.2. The standard InChI is InChI=1S/C22H34N4O4S/c27-21(23-13-12-22(28)26-16-4-1-2-5-17-26)18-31(29,30)24-19-8-10-20(11-9-19)25-14-6-3-7-15-25/h8-11,24H,1-7,12-18H2,(H,23,27). The summed E-state index contributed by atoms with van der Waals surface area (Å²) in [7, 11) is -3.82. The number of likely N-dealkylation sites (tertiary alicyclic amines) is 1. The Labute approximate surface area is 185 Å². The Balaban J connectivity index is 1.41. The number of hydrogen-bond donors (Lipinski definition) is 2. The Morgan fingerprint density at radius 2 is 1.42 bits per heavy atom. The normalized spacial score (nSPS) is 17.7. The van der Waals surface area contributed by atoms with Gasteiger partial charge in [0.2, 0.25) is 21.8 Å². The number of anilines is 2. The summed E-state index contributed by atoms with van der Waals surface area (Å²) in [6, 6.07) is 7.24. The van der Waals surface area contributed by atoms with Crippen LogP contribution in [0.1, 0.15) is 51.4 Å². The molecule has 0 atom stereocenters. The van der Waals surface area contributed by atoms with Crippen molar-refractivity contribution in [2.45, 2.75) is 51.4 Å². The number of carbonyl (C=O) groups is 2. The van der Waals surface area contributed by atoms with Crippen LogP contribution < -0.4 is 14.9 Å². The first-order valence-corrected chi connectivity index (χ1v) is 13.0. The van der Waals surface area contributed by atoms with Crippen LogP contribution in [0.4, 0.5) is 11.4 Å². The van der Waals surface area contributed by atoms with E-state index in [2.05, 4.69) is 14.9 Å². The predicted molar refractivity (Wildman–Crippen MR) is 123 cm³/mol. The third-order valence-corrected chi connectivity index (χ3v) is 6.99. The van der Waals surface area contributed by atoms with Crippen LogP contribution in [0, 0.1) is 0 Å². The molecule has 1 aromatic rings. The maximum absolute atomic E-state index is 12.3. The monoisotopic (exact) mass is 450 g/mol. The van der Waals surface area contributed by atoms with Crippen LogP contribution in [0.2, 0.25) is 0 Å². The molecule has 2 amide bonds. The molecule has 2 heterocycles. The van der Waals surface area contributed by atoms with Crippen LogP contribution >= 0.6 is 0 Å². The summed E-state index contributed by atoms with van der Waals surface area (Å²) in [5.74, 6) is -1.27. The lowest BCUT2D eigenvalue weighted by molar-refractivity contribution is -0.131. The van der Waals surface area contributed by atoms with Gasteiger partial charge in [-0.3, -0.25) is 14.3 Å². The number of benzene rings is 1. The number of carbonyl (C=O) groups excluding carboxylic acids is 2. The molecule has 2 fully saturated rings. The Morgan fingerprint density at radius 3 is 2.06 bits per heavy atom. The van der Waals surface area contributed by atoms with Gasteiger partial charge < -0.3 is 15.1 Å². The molecule has 0 unspecified atom stereocenters. The number of amides is 2. The van der Waals surface area contributed by atoms with Gasteiger partial charge in [-0.15, -0.1) is 0 Å². The van der Waals surface area contributed by atoms with Crippen LogP contribution in [0.25, 0.3) is 0 Å². The quantitative estimate of drug-likeness (QED) is 0.633. The molecular formula is C22H34N4O4S. The first kappa shape index (κ1) is 23.4. The largest absolute Gasteiger partial charge is 0.372 e. The van der Waals surface area contributed by atoms with Gasteiger partial charge in [-0.25, -0.2) is 8.42 Å². The van der Waals surface area contributed by atoms with Gasteiger partial charge in [-0.1, -0.05) is 12.8 Å². The molecule has 3 rings (SSSR count). The van der Waals surface area contributed by atoms with Crippen LogP contribution in [0.15, 0.2) is 24.3 Å². The van der Waals surface area contributed by atoms with Crippen molar-refractivity contribution in [3.8, 4) is 0 Å².